The molecular weight excluding hydrogens is 296 g/mol. The van der Waals surface area contributed by atoms with E-state index >= 15 is 0 Å². The molecule has 0 aliphatic carbocycles. The summed E-state index contributed by atoms with van der Waals surface area (Å²) in [5, 5.41) is 11.3. The van der Waals surface area contributed by atoms with E-state index in [1.165, 1.54) is 6.20 Å². The second kappa shape index (κ2) is 6.65. The number of aliphatic hydroxyl groups is 1. The first kappa shape index (κ1) is 14.7. The second-order valence-electron chi connectivity index (χ2n) is 3.74. The summed E-state index contributed by atoms with van der Waals surface area (Å²) < 4.78 is 0. The van der Waals surface area contributed by atoms with Crippen molar-refractivity contribution >= 4 is 22.4 Å². The summed E-state index contributed by atoms with van der Waals surface area (Å²) in [6.45, 7) is -0.0234. The Balaban J connectivity index is 2.12. The van der Waals surface area contributed by atoms with E-state index in [4.69, 9.17) is 5.11 Å². The summed E-state index contributed by atoms with van der Waals surface area (Å²) >= 11 is 1.13. The minimum absolute atomic E-state index is 0.0234. The maximum absolute atomic E-state index is 11.9. The van der Waals surface area contributed by atoms with Crippen LogP contribution in [0.4, 0.5) is 5.13 Å². The maximum Gasteiger partial charge on any atom is 0.325 e. The molecule has 1 amide bonds. The SMILES string of the molecule is O=C(Nc1ncc(C#CCCO)s1)c1c[nH]c(=O)[nH]c1=O. The number of hydrogen-bond donors (Lipinski definition) is 4. The van der Waals surface area contributed by atoms with Crippen LogP contribution in [0.1, 0.15) is 21.7 Å². The number of aromatic nitrogens is 3. The Kier molecular flexibility index (Phi) is 4.65. The van der Waals surface area contributed by atoms with Crippen LogP contribution in [0.15, 0.2) is 22.0 Å². The summed E-state index contributed by atoms with van der Waals surface area (Å²) in [6, 6.07) is 0. The zero-order chi connectivity index (χ0) is 15.2. The molecule has 4 N–H and O–H groups in total. The minimum atomic E-state index is -0.782. The zero-order valence-corrected chi connectivity index (χ0v) is 11.4. The molecule has 0 aliphatic rings. The van der Waals surface area contributed by atoms with Crippen molar-refractivity contribution in [1.82, 2.24) is 15.0 Å². The lowest BCUT2D eigenvalue weighted by molar-refractivity contribution is 0.102. The Hall–Kier alpha value is -2.70. The Morgan fingerprint density at radius 3 is 3.00 bits per heavy atom. The Bertz CT molecular complexity index is 824. The van der Waals surface area contributed by atoms with Crippen LogP contribution in [0, 0.1) is 11.8 Å². The molecule has 0 saturated heterocycles. The average molecular weight is 306 g/mol. The number of hydrogen-bond acceptors (Lipinski definition) is 6. The molecule has 108 valence electrons. The third kappa shape index (κ3) is 3.88. The fourth-order valence-corrected chi connectivity index (χ4v) is 2.02. The summed E-state index contributed by atoms with van der Waals surface area (Å²) in [4.78, 5) is 42.9. The third-order valence-corrected chi connectivity index (χ3v) is 3.07. The summed E-state index contributed by atoms with van der Waals surface area (Å²) in [5.41, 5.74) is -1.69. The zero-order valence-electron chi connectivity index (χ0n) is 10.6. The van der Waals surface area contributed by atoms with Crippen LogP contribution >= 0.6 is 11.3 Å². The number of carbonyl (C=O) groups is 1. The Morgan fingerprint density at radius 2 is 2.29 bits per heavy atom. The molecule has 0 fully saturated rings. The highest BCUT2D eigenvalue weighted by molar-refractivity contribution is 7.16. The maximum atomic E-state index is 11.9. The molecule has 0 unspecified atom stereocenters. The standard InChI is InChI=1S/C12H10N4O4S/c17-4-2-1-3-7-5-14-12(21-7)16-10(19)8-6-13-11(20)15-9(8)18/h5-6,17H,2,4H2,(H,14,16,19)(H2,13,15,18,20). The van der Waals surface area contributed by atoms with Gasteiger partial charge >= 0.3 is 5.69 Å². The van der Waals surface area contributed by atoms with Gasteiger partial charge < -0.3 is 10.1 Å². The van der Waals surface area contributed by atoms with E-state index in [0.29, 0.717) is 11.3 Å². The lowest BCUT2D eigenvalue weighted by Crippen LogP contribution is -2.29. The molecule has 2 heterocycles. The first-order valence-corrected chi connectivity index (χ1v) is 6.60. The van der Waals surface area contributed by atoms with Gasteiger partial charge in [-0.3, -0.25) is 19.9 Å². The second-order valence-corrected chi connectivity index (χ2v) is 4.78. The molecule has 2 aromatic heterocycles. The highest BCUT2D eigenvalue weighted by Crippen LogP contribution is 2.17. The molecular formula is C12H10N4O4S. The van der Waals surface area contributed by atoms with E-state index in [9.17, 15) is 14.4 Å². The van der Waals surface area contributed by atoms with Gasteiger partial charge in [-0.15, -0.1) is 0 Å². The molecule has 0 spiro atoms. The Morgan fingerprint density at radius 1 is 1.48 bits per heavy atom. The molecule has 2 rings (SSSR count). The van der Waals surface area contributed by atoms with Crippen LogP contribution in [0.2, 0.25) is 0 Å². The van der Waals surface area contributed by atoms with Gasteiger partial charge in [-0.25, -0.2) is 9.78 Å². The van der Waals surface area contributed by atoms with Crippen molar-refractivity contribution in [1.29, 1.82) is 0 Å². The summed E-state index contributed by atoms with van der Waals surface area (Å²) in [6.07, 6.45) is 2.86. The number of aliphatic hydroxyl groups excluding tert-OH is 1. The number of aromatic amines is 2. The molecule has 9 heteroatoms. The van der Waals surface area contributed by atoms with Crippen LogP contribution in [-0.2, 0) is 0 Å². The smallest absolute Gasteiger partial charge is 0.325 e. The first-order chi connectivity index (χ1) is 10.1. The van der Waals surface area contributed by atoms with Crippen LogP contribution in [0.25, 0.3) is 0 Å². The fourth-order valence-electron chi connectivity index (χ4n) is 1.34. The number of H-pyrrole nitrogens is 2. The molecule has 2 aromatic rings. The van der Waals surface area contributed by atoms with E-state index in [1.807, 2.05) is 4.98 Å². The van der Waals surface area contributed by atoms with Crippen LogP contribution in [0.5, 0.6) is 0 Å². The molecule has 0 atom stereocenters. The molecule has 0 aromatic carbocycles. The average Bonchev–Trinajstić information content (AvgIpc) is 2.86. The summed E-state index contributed by atoms with van der Waals surface area (Å²) in [5.74, 6) is 4.82. The van der Waals surface area contributed by atoms with Crippen molar-refractivity contribution in [3.8, 4) is 11.8 Å². The molecule has 21 heavy (non-hydrogen) atoms. The predicted octanol–water partition coefficient (Wildman–Crippen LogP) is -0.494. The number of rotatable bonds is 3. The number of nitrogens with zero attached hydrogens (tertiary/aromatic N) is 1. The van der Waals surface area contributed by atoms with Crippen molar-refractivity contribution in [3.63, 3.8) is 0 Å². The minimum Gasteiger partial charge on any atom is -0.395 e. The van der Waals surface area contributed by atoms with Gasteiger partial charge in [0.1, 0.15) is 5.56 Å². The largest absolute Gasteiger partial charge is 0.395 e. The highest BCUT2D eigenvalue weighted by atomic mass is 32.1. The van der Waals surface area contributed by atoms with Crippen molar-refractivity contribution in [2.24, 2.45) is 0 Å². The van der Waals surface area contributed by atoms with Crippen molar-refractivity contribution in [3.05, 3.63) is 43.7 Å². The van der Waals surface area contributed by atoms with Gasteiger partial charge in [0.2, 0.25) is 0 Å². The lowest BCUT2D eigenvalue weighted by Gasteiger charge is -1.99. The first-order valence-electron chi connectivity index (χ1n) is 5.79. The van der Waals surface area contributed by atoms with Gasteiger partial charge in [0, 0.05) is 12.6 Å². The van der Waals surface area contributed by atoms with Crippen LogP contribution in [0.3, 0.4) is 0 Å². The molecule has 0 radical (unpaired) electrons. The van der Waals surface area contributed by atoms with Gasteiger partial charge in [-0.05, 0) is 0 Å². The van der Waals surface area contributed by atoms with E-state index in [-0.39, 0.29) is 17.3 Å². The molecule has 0 saturated carbocycles. The number of carbonyl (C=O) groups excluding carboxylic acids is 1. The van der Waals surface area contributed by atoms with E-state index in [1.54, 1.807) is 0 Å². The third-order valence-electron chi connectivity index (χ3n) is 2.24. The van der Waals surface area contributed by atoms with Gasteiger partial charge in [-0.2, -0.15) is 0 Å². The molecule has 8 nitrogen and oxygen atoms in total. The van der Waals surface area contributed by atoms with E-state index in [2.05, 4.69) is 27.1 Å². The van der Waals surface area contributed by atoms with Gasteiger partial charge in [0.25, 0.3) is 11.5 Å². The van der Waals surface area contributed by atoms with Crippen molar-refractivity contribution in [2.75, 3.05) is 11.9 Å². The number of thiazole rings is 1. The van der Waals surface area contributed by atoms with Crippen molar-refractivity contribution in [2.45, 2.75) is 6.42 Å². The van der Waals surface area contributed by atoms with Crippen LogP contribution in [-0.4, -0.2) is 32.6 Å². The predicted molar refractivity (Wildman–Crippen MR) is 76.3 cm³/mol. The highest BCUT2D eigenvalue weighted by Gasteiger charge is 2.12. The number of anilines is 1. The van der Waals surface area contributed by atoms with Crippen molar-refractivity contribution < 1.29 is 9.90 Å². The molecule has 0 bridgehead atoms. The topological polar surface area (TPSA) is 128 Å². The van der Waals surface area contributed by atoms with Gasteiger partial charge in [0.15, 0.2) is 5.13 Å². The number of amides is 1. The monoisotopic (exact) mass is 306 g/mol. The molecule has 0 aliphatic heterocycles. The van der Waals surface area contributed by atoms with Gasteiger partial charge in [0.05, 0.1) is 17.7 Å². The Labute approximate surface area is 121 Å². The lowest BCUT2D eigenvalue weighted by atomic mass is 10.3. The number of nitrogens with one attached hydrogen (secondary N) is 3. The summed E-state index contributed by atoms with van der Waals surface area (Å²) in [7, 11) is 0. The normalized spacial score (nSPS) is 9.76. The van der Waals surface area contributed by atoms with Crippen LogP contribution < -0.4 is 16.6 Å². The van der Waals surface area contributed by atoms with E-state index < -0.39 is 17.2 Å². The van der Waals surface area contributed by atoms with E-state index in [0.717, 1.165) is 17.5 Å². The van der Waals surface area contributed by atoms with Gasteiger partial charge in [-0.1, -0.05) is 23.2 Å². The fraction of sp³-hybridized carbons (Fsp3) is 0.167. The quantitative estimate of drug-likeness (QED) is 0.569.